The Morgan fingerprint density at radius 1 is 1.20 bits per heavy atom. The molecule has 0 aromatic heterocycles. The van der Waals surface area contributed by atoms with Crippen LogP contribution < -0.4 is 5.32 Å². The summed E-state index contributed by atoms with van der Waals surface area (Å²) in [6, 6.07) is 8.27. The molecule has 0 atom stereocenters. The molecule has 0 aliphatic rings. The molecule has 1 amide bonds. The summed E-state index contributed by atoms with van der Waals surface area (Å²) in [7, 11) is 0. The average molecular weight is 277 g/mol. The number of nitrogens with one attached hydrogen (secondary N) is 1. The number of hydrogen-bond acceptors (Lipinski definition) is 2. The van der Waals surface area contributed by atoms with E-state index in [1.165, 1.54) is 11.1 Å². The zero-order valence-electron chi connectivity index (χ0n) is 12.9. The molecule has 0 fully saturated rings. The number of carbonyl (C=O) groups excluding carboxylic acids is 1. The second-order valence-electron chi connectivity index (χ2n) is 5.63. The Kier molecular flexibility index (Phi) is 6.73. The molecule has 2 N–H and O–H groups in total. The van der Waals surface area contributed by atoms with Gasteiger partial charge in [0.15, 0.2) is 0 Å². The second-order valence-corrected chi connectivity index (χ2v) is 5.63. The van der Waals surface area contributed by atoms with Crippen LogP contribution in [0.5, 0.6) is 0 Å². The average Bonchev–Trinajstić information content (AvgIpc) is 2.48. The molecule has 3 nitrogen and oxygen atoms in total. The van der Waals surface area contributed by atoms with E-state index in [4.69, 9.17) is 0 Å². The number of hydrogen-bond donors (Lipinski definition) is 2. The van der Waals surface area contributed by atoms with Gasteiger partial charge in [-0.05, 0) is 31.7 Å². The van der Waals surface area contributed by atoms with Crippen molar-refractivity contribution >= 4 is 5.91 Å². The Morgan fingerprint density at radius 3 is 2.30 bits per heavy atom. The molecule has 112 valence electrons. The number of amides is 1. The van der Waals surface area contributed by atoms with Crippen LogP contribution in [0.15, 0.2) is 24.3 Å². The predicted molar refractivity (Wildman–Crippen MR) is 82.6 cm³/mol. The van der Waals surface area contributed by atoms with Crippen LogP contribution in [0.3, 0.4) is 0 Å². The Balaban J connectivity index is 2.38. The minimum atomic E-state index is -0.167. The molecule has 0 aliphatic carbocycles. The third-order valence-electron chi connectivity index (χ3n) is 4.26. The first-order valence-corrected chi connectivity index (χ1v) is 7.48. The van der Waals surface area contributed by atoms with E-state index in [1.807, 2.05) is 0 Å². The lowest BCUT2D eigenvalue weighted by molar-refractivity contribution is -0.121. The quantitative estimate of drug-likeness (QED) is 0.767. The van der Waals surface area contributed by atoms with Crippen LogP contribution in [-0.2, 0) is 11.2 Å². The highest BCUT2D eigenvalue weighted by molar-refractivity contribution is 5.76. The molecule has 0 saturated heterocycles. The van der Waals surface area contributed by atoms with E-state index < -0.39 is 0 Å². The fraction of sp³-hybridized carbons (Fsp3) is 0.588. The van der Waals surface area contributed by atoms with Crippen LogP contribution in [0, 0.1) is 12.3 Å². The van der Waals surface area contributed by atoms with Gasteiger partial charge in [0, 0.05) is 18.4 Å². The number of rotatable bonds is 8. The van der Waals surface area contributed by atoms with Gasteiger partial charge in [-0.15, -0.1) is 0 Å². The van der Waals surface area contributed by atoms with E-state index in [9.17, 15) is 9.90 Å². The van der Waals surface area contributed by atoms with E-state index in [1.54, 1.807) is 0 Å². The van der Waals surface area contributed by atoms with E-state index >= 15 is 0 Å². The van der Waals surface area contributed by atoms with Gasteiger partial charge in [-0.2, -0.15) is 0 Å². The van der Waals surface area contributed by atoms with Crippen molar-refractivity contribution in [1.82, 2.24) is 5.32 Å². The zero-order chi connectivity index (χ0) is 15.0. The van der Waals surface area contributed by atoms with Crippen LogP contribution in [0.2, 0.25) is 0 Å². The first-order chi connectivity index (χ1) is 9.55. The number of aliphatic hydroxyl groups excluding tert-OH is 1. The summed E-state index contributed by atoms with van der Waals surface area (Å²) >= 11 is 0. The van der Waals surface area contributed by atoms with Crippen molar-refractivity contribution in [2.24, 2.45) is 5.41 Å². The van der Waals surface area contributed by atoms with Gasteiger partial charge in [-0.3, -0.25) is 4.79 Å². The molecule has 0 saturated carbocycles. The minimum Gasteiger partial charge on any atom is -0.396 e. The molecule has 0 heterocycles. The maximum absolute atomic E-state index is 11.9. The zero-order valence-corrected chi connectivity index (χ0v) is 12.9. The van der Waals surface area contributed by atoms with Gasteiger partial charge in [0.1, 0.15) is 0 Å². The summed E-state index contributed by atoms with van der Waals surface area (Å²) in [6.45, 7) is 6.85. The van der Waals surface area contributed by atoms with Gasteiger partial charge < -0.3 is 10.4 Å². The molecule has 20 heavy (non-hydrogen) atoms. The lowest BCUT2D eigenvalue weighted by Crippen LogP contribution is -2.39. The van der Waals surface area contributed by atoms with Crippen LogP contribution >= 0.6 is 0 Å². The van der Waals surface area contributed by atoms with Crippen molar-refractivity contribution in [3.05, 3.63) is 35.4 Å². The number of aryl methyl sites for hydroxylation is 2. The Hall–Kier alpha value is -1.35. The number of benzene rings is 1. The van der Waals surface area contributed by atoms with E-state index in [0.29, 0.717) is 13.0 Å². The first-order valence-electron chi connectivity index (χ1n) is 7.48. The summed E-state index contributed by atoms with van der Waals surface area (Å²) in [5.74, 6) is 0.0605. The van der Waals surface area contributed by atoms with Crippen molar-refractivity contribution in [3.8, 4) is 0 Å². The van der Waals surface area contributed by atoms with E-state index in [0.717, 1.165) is 19.3 Å². The molecule has 3 heteroatoms. The summed E-state index contributed by atoms with van der Waals surface area (Å²) < 4.78 is 0. The van der Waals surface area contributed by atoms with Crippen molar-refractivity contribution < 1.29 is 9.90 Å². The molecular formula is C17H27NO2. The molecule has 0 radical (unpaired) electrons. The summed E-state index contributed by atoms with van der Waals surface area (Å²) in [5, 5.41) is 12.4. The van der Waals surface area contributed by atoms with Crippen molar-refractivity contribution in [2.45, 2.75) is 46.5 Å². The monoisotopic (exact) mass is 277 g/mol. The van der Waals surface area contributed by atoms with E-state index in [-0.39, 0.29) is 17.9 Å². The van der Waals surface area contributed by atoms with Crippen LogP contribution in [-0.4, -0.2) is 24.2 Å². The molecule has 0 unspecified atom stereocenters. The third kappa shape index (κ3) is 4.97. The highest BCUT2D eigenvalue weighted by Crippen LogP contribution is 2.24. The lowest BCUT2D eigenvalue weighted by Gasteiger charge is -2.29. The van der Waals surface area contributed by atoms with Gasteiger partial charge >= 0.3 is 0 Å². The molecule has 0 aliphatic heterocycles. The van der Waals surface area contributed by atoms with Crippen LogP contribution in [0.1, 0.15) is 44.2 Å². The lowest BCUT2D eigenvalue weighted by atomic mass is 9.83. The summed E-state index contributed by atoms with van der Waals surface area (Å²) in [5.41, 5.74) is 2.25. The van der Waals surface area contributed by atoms with E-state index in [2.05, 4.69) is 50.4 Å². The molecule has 1 aromatic rings. The fourth-order valence-electron chi connectivity index (χ4n) is 2.17. The standard InChI is InChI=1S/C17H27NO2/c1-4-17(5-2,13-19)12-18-16(20)11-10-15-8-6-14(3)7-9-15/h6-9,19H,4-5,10-13H2,1-3H3,(H,18,20). The molecule has 1 aromatic carbocycles. The maximum atomic E-state index is 11.9. The Bertz CT molecular complexity index is 399. The van der Waals surface area contributed by atoms with Crippen LogP contribution in [0.25, 0.3) is 0 Å². The fourth-order valence-corrected chi connectivity index (χ4v) is 2.17. The van der Waals surface area contributed by atoms with Crippen molar-refractivity contribution in [1.29, 1.82) is 0 Å². The van der Waals surface area contributed by atoms with Gasteiger partial charge in [-0.25, -0.2) is 0 Å². The SMILES string of the molecule is CCC(CC)(CO)CNC(=O)CCc1ccc(C)cc1. The first kappa shape index (κ1) is 16.7. The maximum Gasteiger partial charge on any atom is 0.220 e. The predicted octanol–water partition coefficient (Wildman–Crippen LogP) is 2.84. The Morgan fingerprint density at radius 2 is 1.80 bits per heavy atom. The number of carbonyl (C=O) groups is 1. The highest BCUT2D eigenvalue weighted by atomic mass is 16.3. The summed E-state index contributed by atoms with van der Waals surface area (Å²) in [6.07, 6.45) is 3.00. The Labute approximate surface area is 122 Å². The van der Waals surface area contributed by atoms with Crippen molar-refractivity contribution in [2.75, 3.05) is 13.2 Å². The number of aliphatic hydroxyl groups is 1. The largest absolute Gasteiger partial charge is 0.396 e. The van der Waals surface area contributed by atoms with Crippen LogP contribution in [0.4, 0.5) is 0 Å². The molecule has 1 rings (SSSR count). The third-order valence-corrected chi connectivity index (χ3v) is 4.26. The molecule has 0 spiro atoms. The van der Waals surface area contributed by atoms with Gasteiger partial charge in [-0.1, -0.05) is 43.7 Å². The van der Waals surface area contributed by atoms with Gasteiger partial charge in [0.2, 0.25) is 5.91 Å². The van der Waals surface area contributed by atoms with Crippen molar-refractivity contribution in [3.63, 3.8) is 0 Å². The highest BCUT2D eigenvalue weighted by Gasteiger charge is 2.25. The van der Waals surface area contributed by atoms with Gasteiger partial charge in [0.05, 0.1) is 6.61 Å². The molecular weight excluding hydrogens is 250 g/mol. The summed E-state index contributed by atoms with van der Waals surface area (Å²) in [4.78, 5) is 11.9. The van der Waals surface area contributed by atoms with Gasteiger partial charge in [0.25, 0.3) is 0 Å². The topological polar surface area (TPSA) is 49.3 Å². The normalized spacial score (nSPS) is 11.4. The smallest absolute Gasteiger partial charge is 0.220 e. The molecule has 0 bridgehead atoms. The second kappa shape index (κ2) is 8.05. The minimum absolute atomic E-state index is 0.0605.